The average Bonchev–Trinajstić information content (AvgIpc) is 2.77. The molecule has 1 saturated heterocycles. The molecule has 2 amide bonds. The van der Waals surface area contributed by atoms with Crippen molar-refractivity contribution >= 4 is 17.5 Å². The molecule has 0 aromatic heterocycles. The summed E-state index contributed by atoms with van der Waals surface area (Å²) >= 11 is 0. The van der Waals surface area contributed by atoms with Gasteiger partial charge in [0.1, 0.15) is 5.75 Å². The first-order valence-corrected chi connectivity index (χ1v) is 10.4. The summed E-state index contributed by atoms with van der Waals surface area (Å²) < 4.78 is 5.56. The highest BCUT2D eigenvalue weighted by atomic mass is 16.5. The zero-order valence-electron chi connectivity index (χ0n) is 17.6. The average molecular weight is 411 g/mol. The van der Waals surface area contributed by atoms with Crippen LogP contribution in [0.3, 0.4) is 0 Å². The highest BCUT2D eigenvalue weighted by Crippen LogP contribution is 2.16. The van der Waals surface area contributed by atoms with E-state index in [0.29, 0.717) is 24.3 Å². The van der Waals surface area contributed by atoms with Crippen molar-refractivity contribution < 1.29 is 14.3 Å². The van der Waals surface area contributed by atoms with Gasteiger partial charge in [-0.3, -0.25) is 25.3 Å². The number of carbonyl (C=O) groups is 2. The van der Waals surface area contributed by atoms with Crippen LogP contribution in [-0.2, 0) is 4.79 Å². The minimum Gasteiger partial charge on any atom is -0.491 e. The topological polar surface area (TPSA) is 73.9 Å². The molecule has 0 unspecified atom stereocenters. The molecule has 1 aliphatic heterocycles. The van der Waals surface area contributed by atoms with E-state index in [-0.39, 0.29) is 17.9 Å². The number of ether oxygens (including phenoxy) is 1. The number of nitrogens with one attached hydrogen (secondary N) is 2. The van der Waals surface area contributed by atoms with Gasteiger partial charge in [0.25, 0.3) is 5.91 Å². The van der Waals surface area contributed by atoms with Crippen molar-refractivity contribution in [3.63, 3.8) is 0 Å². The first kappa shape index (κ1) is 21.6. The predicted octanol–water partition coefficient (Wildman–Crippen LogP) is 2.45. The van der Waals surface area contributed by atoms with Crippen molar-refractivity contribution in [1.29, 1.82) is 0 Å². The number of rotatable bonds is 7. The fraction of sp³-hybridized carbons (Fsp3) is 0.391. The van der Waals surface area contributed by atoms with Crippen molar-refractivity contribution in [2.75, 3.05) is 37.6 Å². The van der Waals surface area contributed by atoms with Crippen LogP contribution in [0.25, 0.3) is 0 Å². The summed E-state index contributed by atoms with van der Waals surface area (Å²) in [6, 6.07) is 17.2. The largest absolute Gasteiger partial charge is 0.491 e. The number of nitrogens with zero attached hydrogens (tertiary/aromatic N) is 2. The number of para-hydroxylation sites is 1. The van der Waals surface area contributed by atoms with Gasteiger partial charge < -0.3 is 9.64 Å². The second-order valence-electron chi connectivity index (χ2n) is 7.61. The Morgan fingerprint density at radius 3 is 2.23 bits per heavy atom. The smallest absolute Gasteiger partial charge is 0.269 e. The van der Waals surface area contributed by atoms with E-state index in [0.717, 1.165) is 26.2 Å². The Morgan fingerprint density at radius 2 is 1.60 bits per heavy atom. The lowest BCUT2D eigenvalue weighted by molar-refractivity contribution is -0.122. The van der Waals surface area contributed by atoms with Crippen LogP contribution < -0.4 is 20.5 Å². The molecule has 30 heavy (non-hydrogen) atoms. The fourth-order valence-corrected chi connectivity index (χ4v) is 3.35. The zero-order chi connectivity index (χ0) is 21.3. The van der Waals surface area contributed by atoms with Gasteiger partial charge in [0.2, 0.25) is 5.91 Å². The highest BCUT2D eigenvalue weighted by Gasteiger charge is 2.17. The number of benzene rings is 2. The number of anilines is 1. The van der Waals surface area contributed by atoms with Crippen molar-refractivity contribution in [2.24, 2.45) is 0 Å². The Hall–Kier alpha value is -3.06. The number of hydrazine groups is 1. The zero-order valence-corrected chi connectivity index (χ0v) is 17.6. The number of hydrogen-bond donors (Lipinski definition) is 2. The van der Waals surface area contributed by atoms with Gasteiger partial charge in [-0.1, -0.05) is 18.2 Å². The molecule has 7 heteroatoms. The molecule has 2 aromatic rings. The summed E-state index contributed by atoms with van der Waals surface area (Å²) in [5.41, 5.74) is 6.66. The van der Waals surface area contributed by atoms with Gasteiger partial charge >= 0.3 is 0 Å². The fourth-order valence-electron chi connectivity index (χ4n) is 3.35. The Labute approximate surface area is 178 Å². The molecular weight excluding hydrogens is 380 g/mol. The molecular formula is C23H30N4O3. The lowest BCUT2D eigenvalue weighted by Crippen LogP contribution is -2.48. The molecule has 0 bridgehead atoms. The minimum absolute atomic E-state index is 0.0743. The SMILES string of the molecule is CC(C)Oc1ccc(C(=O)NNC(=O)CCN2CCN(c3ccccc3)CC2)cc1. The van der Waals surface area contributed by atoms with Crippen molar-refractivity contribution in [2.45, 2.75) is 26.4 Å². The van der Waals surface area contributed by atoms with E-state index in [1.165, 1.54) is 5.69 Å². The molecule has 0 radical (unpaired) electrons. The molecule has 160 valence electrons. The molecule has 0 spiro atoms. The van der Waals surface area contributed by atoms with Gasteiger partial charge in [-0.15, -0.1) is 0 Å². The van der Waals surface area contributed by atoms with Crippen LogP contribution >= 0.6 is 0 Å². The van der Waals surface area contributed by atoms with Crippen molar-refractivity contribution in [1.82, 2.24) is 15.8 Å². The quantitative estimate of drug-likeness (QED) is 0.686. The van der Waals surface area contributed by atoms with Crippen molar-refractivity contribution in [3.8, 4) is 5.75 Å². The van der Waals surface area contributed by atoms with E-state index in [1.54, 1.807) is 24.3 Å². The van der Waals surface area contributed by atoms with Crippen LogP contribution in [-0.4, -0.2) is 55.5 Å². The van der Waals surface area contributed by atoms with Crippen LogP contribution in [0.5, 0.6) is 5.75 Å². The summed E-state index contributed by atoms with van der Waals surface area (Å²) in [6.45, 7) is 8.28. The van der Waals surface area contributed by atoms with Gasteiger partial charge in [-0.2, -0.15) is 0 Å². The molecule has 1 aliphatic rings. The lowest BCUT2D eigenvalue weighted by atomic mass is 10.2. The molecule has 2 N–H and O–H groups in total. The number of piperazine rings is 1. The monoisotopic (exact) mass is 410 g/mol. The summed E-state index contributed by atoms with van der Waals surface area (Å²) in [4.78, 5) is 28.9. The van der Waals surface area contributed by atoms with Gasteiger partial charge in [-0.05, 0) is 50.2 Å². The number of carbonyl (C=O) groups excluding carboxylic acids is 2. The first-order chi connectivity index (χ1) is 14.5. The Morgan fingerprint density at radius 1 is 0.933 bits per heavy atom. The van der Waals surface area contributed by atoms with Gasteiger partial charge in [0, 0.05) is 50.4 Å². The minimum atomic E-state index is -0.351. The molecule has 2 aromatic carbocycles. The van der Waals surface area contributed by atoms with Crippen LogP contribution in [0, 0.1) is 0 Å². The van der Waals surface area contributed by atoms with Crippen molar-refractivity contribution in [3.05, 3.63) is 60.2 Å². The Balaban J connectivity index is 1.34. The molecule has 1 fully saturated rings. The van der Waals surface area contributed by atoms with Crippen LogP contribution in [0.1, 0.15) is 30.6 Å². The van der Waals surface area contributed by atoms with Gasteiger partial charge in [0.15, 0.2) is 0 Å². The molecule has 7 nitrogen and oxygen atoms in total. The number of hydrogen-bond acceptors (Lipinski definition) is 5. The molecule has 0 atom stereocenters. The van der Waals surface area contributed by atoms with E-state index in [2.05, 4.69) is 32.8 Å². The maximum Gasteiger partial charge on any atom is 0.269 e. The summed E-state index contributed by atoms with van der Waals surface area (Å²) in [6.07, 6.45) is 0.414. The second-order valence-corrected chi connectivity index (χ2v) is 7.61. The molecule has 0 aliphatic carbocycles. The number of amides is 2. The third-order valence-electron chi connectivity index (χ3n) is 4.95. The predicted molar refractivity (Wildman–Crippen MR) is 118 cm³/mol. The lowest BCUT2D eigenvalue weighted by Gasteiger charge is -2.36. The maximum atomic E-state index is 12.2. The van der Waals surface area contributed by atoms with E-state index in [4.69, 9.17) is 4.74 Å². The van der Waals surface area contributed by atoms with Gasteiger partial charge in [0.05, 0.1) is 6.10 Å². The van der Waals surface area contributed by atoms with Crippen LogP contribution in [0.15, 0.2) is 54.6 Å². The molecule has 1 heterocycles. The standard InChI is InChI=1S/C23H30N4O3/c1-18(2)30-21-10-8-19(9-11-21)23(29)25-24-22(28)12-13-26-14-16-27(17-15-26)20-6-4-3-5-7-20/h3-11,18H,12-17H2,1-2H3,(H,24,28)(H,25,29). The maximum absolute atomic E-state index is 12.2. The van der Waals surface area contributed by atoms with E-state index in [9.17, 15) is 9.59 Å². The summed E-state index contributed by atoms with van der Waals surface area (Å²) in [5, 5.41) is 0. The van der Waals surface area contributed by atoms with E-state index in [1.807, 2.05) is 32.0 Å². The normalized spacial score (nSPS) is 14.4. The first-order valence-electron chi connectivity index (χ1n) is 10.4. The Bertz CT molecular complexity index is 816. The molecule has 0 saturated carbocycles. The van der Waals surface area contributed by atoms with Crippen LogP contribution in [0.4, 0.5) is 5.69 Å². The Kier molecular flexibility index (Phi) is 7.68. The van der Waals surface area contributed by atoms with E-state index >= 15 is 0 Å². The summed E-state index contributed by atoms with van der Waals surface area (Å²) in [7, 11) is 0. The van der Waals surface area contributed by atoms with E-state index < -0.39 is 0 Å². The second kappa shape index (κ2) is 10.6. The third kappa shape index (κ3) is 6.49. The summed E-state index contributed by atoms with van der Waals surface area (Å²) in [5.74, 6) is 0.155. The van der Waals surface area contributed by atoms with Gasteiger partial charge in [-0.25, -0.2) is 0 Å². The van der Waals surface area contributed by atoms with Crippen LogP contribution in [0.2, 0.25) is 0 Å². The highest BCUT2D eigenvalue weighted by molar-refractivity contribution is 5.95. The third-order valence-corrected chi connectivity index (χ3v) is 4.95. The molecule has 3 rings (SSSR count).